The summed E-state index contributed by atoms with van der Waals surface area (Å²) in [5, 5.41) is 41.1. The quantitative estimate of drug-likeness (QED) is 0.353. The Morgan fingerprint density at radius 1 is 1.31 bits per heavy atom. The highest BCUT2D eigenvalue weighted by Crippen LogP contribution is 2.08. The lowest BCUT2D eigenvalue weighted by Crippen LogP contribution is -2.30. The van der Waals surface area contributed by atoms with E-state index in [1.807, 2.05) is 0 Å². The van der Waals surface area contributed by atoms with Gasteiger partial charge in [0.2, 0.25) is 0 Å². The molecule has 0 aromatic heterocycles. The van der Waals surface area contributed by atoms with Crippen LogP contribution in [0.3, 0.4) is 0 Å². The normalized spacial score (nSPS) is 15.8. The van der Waals surface area contributed by atoms with Gasteiger partial charge in [-0.25, -0.2) is 0 Å². The number of nitrogens with zero attached hydrogens (tertiary/aromatic N) is 2. The fraction of sp³-hybridized carbons (Fsp3) is 0.222. The third-order valence-electron chi connectivity index (χ3n) is 2.45. The summed E-state index contributed by atoms with van der Waals surface area (Å²) in [5.74, 6) is 0.0685. The first kappa shape index (κ1) is 10.9. The molecule has 0 atom stereocenters. The van der Waals surface area contributed by atoms with Gasteiger partial charge in [0.05, 0.1) is 5.56 Å². The van der Waals surface area contributed by atoms with Gasteiger partial charge in [-0.1, -0.05) is 17.2 Å². The van der Waals surface area contributed by atoms with Crippen LogP contribution in [0.25, 0.3) is 0 Å². The number of hydroxylamine groups is 3. The largest absolute Gasteiger partial charge is 0.715 e. The van der Waals surface area contributed by atoms with E-state index >= 15 is 0 Å². The molecule has 0 unspecified atom stereocenters. The Morgan fingerprint density at radius 3 is 2.38 bits per heavy atom. The van der Waals surface area contributed by atoms with E-state index in [1.54, 1.807) is 0 Å². The molecule has 2 N–H and O–H groups in total. The van der Waals surface area contributed by atoms with Gasteiger partial charge in [0.15, 0.2) is 6.54 Å². The summed E-state index contributed by atoms with van der Waals surface area (Å²) in [6, 6.07) is 5.97. The highest BCUT2D eigenvalue weighted by molar-refractivity contribution is 6.58. The van der Waals surface area contributed by atoms with Gasteiger partial charge >= 0.3 is 13.0 Å². The van der Waals surface area contributed by atoms with Crippen LogP contribution < -0.4 is 5.46 Å². The van der Waals surface area contributed by atoms with Crippen LogP contribution in [0.4, 0.5) is 0 Å². The van der Waals surface area contributed by atoms with Crippen LogP contribution in [0.2, 0.25) is 0 Å². The summed E-state index contributed by atoms with van der Waals surface area (Å²) in [5.41, 5.74) is 0.796. The van der Waals surface area contributed by atoms with Crippen LogP contribution in [-0.2, 0) is 5.21 Å². The SMILES string of the molecule is [O]N1CC[N+]([O-])=C1c1ccc(B(O)O)cc1. The summed E-state index contributed by atoms with van der Waals surface area (Å²) >= 11 is 0. The molecule has 1 aromatic rings. The summed E-state index contributed by atoms with van der Waals surface area (Å²) in [6.45, 7) is 0.312. The van der Waals surface area contributed by atoms with Crippen molar-refractivity contribution < 1.29 is 20.0 Å². The van der Waals surface area contributed by atoms with Gasteiger partial charge in [0.1, 0.15) is 6.54 Å². The molecule has 2 rings (SSSR count). The molecule has 0 amide bonds. The average Bonchev–Trinajstić information content (AvgIpc) is 2.59. The predicted molar refractivity (Wildman–Crippen MR) is 56.3 cm³/mol. The lowest BCUT2D eigenvalue weighted by molar-refractivity contribution is -0.445. The first-order valence-electron chi connectivity index (χ1n) is 4.82. The molecule has 0 saturated heterocycles. The molecule has 1 radical (unpaired) electrons. The fourth-order valence-corrected chi connectivity index (χ4v) is 1.61. The van der Waals surface area contributed by atoms with Gasteiger partial charge in [-0.15, -0.1) is 0 Å². The topological polar surface area (TPSA) is 89.7 Å². The summed E-state index contributed by atoms with van der Waals surface area (Å²) in [4.78, 5) is 0. The van der Waals surface area contributed by atoms with Gasteiger partial charge in [0.25, 0.3) is 0 Å². The third-order valence-corrected chi connectivity index (χ3v) is 2.45. The predicted octanol–water partition coefficient (Wildman–Crippen LogP) is -1.72. The number of amidine groups is 1. The minimum atomic E-state index is -1.55. The van der Waals surface area contributed by atoms with E-state index in [0.29, 0.717) is 20.8 Å². The second kappa shape index (κ2) is 4.13. The molecule has 16 heavy (non-hydrogen) atoms. The molecule has 6 nitrogen and oxygen atoms in total. The highest BCUT2D eigenvalue weighted by atomic mass is 16.5. The van der Waals surface area contributed by atoms with Gasteiger partial charge < -0.3 is 15.3 Å². The van der Waals surface area contributed by atoms with Crippen molar-refractivity contribution in [3.8, 4) is 0 Å². The Balaban J connectivity index is 2.32. The van der Waals surface area contributed by atoms with Crippen molar-refractivity contribution in [3.05, 3.63) is 35.0 Å². The Kier molecular flexibility index (Phi) is 2.82. The summed E-state index contributed by atoms with van der Waals surface area (Å²) in [7, 11) is -1.55. The molecule has 0 bridgehead atoms. The van der Waals surface area contributed by atoms with Crippen molar-refractivity contribution in [2.24, 2.45) is 0 Å². The molecular weight excluding hydrogens is 211 g/mol. The van der Waals surface area contributed by atoms with Crippen LogP contribution in [0.5, 0.6) is 0 Å². The van der Waals surface area contributed by atoms with E-state index in [2.05, 4.69) is 0 Å². The van der Waals surface area contributed by atoms with Crippen LogP contribution in [0.15, 0.2) is 24.3 Å². The van der Waals surface area contributed by atoms with Gasteiger partial charge in [-0.3, -0.25) is 4.74 Å². The molecule has 1 aliphatic rings. The van der Waals surface area contributed by atoms with E-state index in [4.69, 9.17) is 10.0 Å². The molecule has 0 fully saturated rings. The highest BCUT2D eigenvalue weighted by Gasteiger charge is 2.29. The minimum absolute atomic E-state index is 0.0685. The zero-order valence-corrected chi connectivity index (χ0v) is 8.41. The zero-order chi connectivity index (χ0) is 11.7. The molecule has 1 heterocycles. The van der Waals surface area contributed by atoms with Crippen LogP contribution >= 0.6 is 0 Å². The molecule has 0 spiro atoms. The van der Waals surface area contributed by atoms with Crippen LogP contribution in [0, 0.1) is 5.21 Å². The van der Waals surface area contributed by atoms with Crippen molar-refractivity contribution in [1.82, 2.24) is 5.06 Å². The van der Waals surface area contributed by atoms with E-state index in [-0.39, 0.29) is 18.9 Å². The second-order valence-electron chi connectivity index (χ2n) is 3.52. The number of hydrogen-bond acceptors (Lipinski definition) is 4. The second-order valence-corrected chi connectivity index (χ2v) is 3.52. The number of benzene rings is 1. The van der Waals surface area contributed by atoms with E-state index in [0.717, 1.165) is 0 Å². The van der Waals surface area contributed by atoms with Crippen molar-refractivity contribution in [2.45, 2.75) is 0 Å². The maximum Gasteiger partial charge on any atom is 0.488 e. The Hall–Kier alpha value is -1.57. The van der Waals surface area contributed by atoms with E-state index in [9.17, 15) is 10.4 Å². The smallest absolute Gasteiger partial charge is 0.488 e. The molecule has 83 valence electrons. The molecule has 0 saturated carbocycles. The Bertz CT molecular complexity index is 418. The van der Waals surface area contributed by atoms with Gasteiger partial charge in [-0.2, -0.15) is 0 Å². The summed E-state index contributed by atoms with van der Waals surface area (Å²) in [6.07, 6.45) is 0. The first-order chi connectivity index (χ1) is 7.59. The van der Waals surface area contributed by atoms with Crippen molar-refractivity contribution in [2.75, 3.05) is 13.1 Å². The number of rotatable bonds is 2. The first-order valence-corrected chi connectivity index (χ1v) is 4.82. The lowest BCUT2D eigenvalue weighted by Gasteiger charge is -2.07. The third kappa shape index (κ3) is 1.88. The maximum atomic E-state index is 11.3. The number of hydrogen-bond donors (Lipinski definition) is 2. The standard InChI is InChI=1S/C9H10BN2O4/c13-10(14)8-3-1-7(2-4-8)9-11(15)5-6-12(9)16/h1-4,13-14H,5-6H2. The van der Waals surface area contributed by atoms with E-state index in [1.165, 1.54) is 24.3 Å². The van der Waals surface area contributed by atoms with Crippen molar-refractivity contribution in [3.63, 3.8) is 0 Å². The molecule has 1 aromatic carbocycles. The minimum Gasteiger partial charge on any atom is -0.715 e. The van der Waals surface area contributed by atoms with Crippen LogP contribution in [-0.4, -0.2) is 45.9 Å². The Labute approximate surface area is 92.4 Å². The fourth-order valence-electron chi connectivity index (χ4n) is 1.61. The molecule has 7 heteroatoms. The van der Waals surface area contributed by atoms with Crippen LogP contribution in [0.1, 0.15) is 5.56 Å². The Morgan fingerprint density at radius 2 is 1.94 bits per heavy atom. The zero-order valence-electron chi connectivity index (χ0n) is 8.41. The summed E-state index contributed by atoms with van der Waals surface area (Å²) < 4.78 is 0.636. The molecule has 0 aliphatic carbocycles. The monoisotopic (exact) mass is 221 g/mol. The van der Waals surface area contributed by atoms with E-state index < -0.39 is 7.12 Å². The van der Waals surface area contributed by atoms with Crippen molar-refractivity contribution in [1.29, 1.82) is 0 Å². The average molecular weight is 221 g/mol. The van der Waals surface area contributed by atoms with Gasteiger partial charge in [0, 0.05) is 5.21 Å². The molecule has 1 aliphatic heterocycles. The van der Waals surface area contributed by atoms with Gasteiger partial charge in [-0.05, 0) is 17.6 Å². The molecular formula is C9H10BN2O4. The van der Waals surface area contributed by atoms with Crippen molar-refractivity contribution >= 4 is 18.4 Å². The lowest BCUT2D eigenvalue weighted by atomic mass is 9.80. The maximum absolute atomic E-state index is 11.3.